The Morgan fingerprint density at radius 1 is 0.381 bits per heavy atom. The van der Waals surface area contributed by atoms with Crippen molar-refractivity contribution in [3.63, 3.8) is 0 Å². The number of ether oxygens (including phenoxy) is 7. The summed E-state index contributed by atoms with van der Waals surface area (Å²) in [7, 11) is 1.73. The number of nitrogens with zero attached hydrogens (tertiary/aromatic N) is 4. The molecule has 1 fully saturated rings. The molecular formula is C101H113Cl3F3N9O10. The quantitative estimate of drug-likeness (QED) is 0.0235. The van der Waals surface area contributed by atoms with Gasteiger partial charge >= 0.3 is 18.3 Å². The van der Waals surface area contributed by atoms with Crippen molar-refractivity contribution in [2.75, 3.05) is 92.4 Å². The minimum atomic E-state index is -0.496. The number of halogens is 6. The van der Waals surface area contributed by atoms with Crippen LogP contribution in [-0.4, -0.2) is 151 Å². The number of carbonyl (C=O) groups is 3. The zero-order valence-corrected chi connectivity index (χ0v) is 74.2. The van der Waals surface area contributed by atoms with Crippen LogP contribution >= 0.6 is 34.8 Å². The number of aromatic nitrogens is 3. The number of aromatic amines is 3. The smallest absolute Gasteiger partial charge is 0.416 e. The Kier molecular flexibility index (Phi) is 33.2. The maximum absolute atomic E-state index is 13.5. The third-order valence-corrected chi connectivity index (χ3v) is 24.3. The Morgan fingerprint density at radius 3 is 1.04 bits per heavy atom. The molecule has 0 saturated carbocycles. The third-order valence-electron chi connectivity index (χ3n) is 23.6. The molecule has 0 radical (unpaired) electrons. The second-order valence-electron chi connectivity index (χ2n) is 32.9. The molecule has 0 aliphatic carbocycles. The molecule has 4 aliphatic rings. The van der Waals surface area contributed by atoms with Crippen molar-refractivity contribution < 1.29 is 60.7 Å². The lowest BCUT2D eigenvalue weighted by Crippen LogP contribution is -2.42. The molecule has 3 atom stereocenters. The molecule has 3 unspecified atom stereocenters. The highest BCUT2D eigenvalue weighted by atomic mass is 35.5. The molecule has 7 heterocycles. The number of benzene rings is 9. The number of fused-ring (bicyclic) bond motifs is 9. The van der Waals surface area contributed by atoms with E-state index in [4.69, 9.17) is 68.0 Å². The van der Waals surface area contributed by atoms with Gasteiger partial charge in [-0.15, -0.1) is 0 Å². The van der Waals surface area contributed by atoms with E-state index < -0.39 is 36.4 Å². The summed E-state index contributed by atoms with van der Waals surface area (Å²) in [6.07, 6.45) is 17.9. The highest BCUT2D eigenvalue weighted by molar-refractivity contribution is 6.32. The van der Waals surface area contributed by atoms with Crippen molar-refractivity contribution in [3.8, 4) is 34.5 Å². The van der Waals surface area contributed by atoms with Crippen molar-refractivity contribution in [3.05, 3.63) is 283 Å². The van der Waals surface area contributed by atoms with Crippen LogP contribution in [0.5, 0.6) is 34.5 Å². The minimum absolute atomic E-state index is 0.293. The van der Waals surface area contributed by atoms with Crippen molar-refractivity contribution in [2.24, 2.45) is 0 Å². The Balaban J connectivity index is 0.000000153. The molecule has 19 nitrogen and oxygen atoms in total. The first-order chi connectivity index (χ1) is 61.5. The number of hydrogen-bond donors (Lipinski definition) is 5. The molecule has 1 saturated heterocycles. The average Bonchev–Trinajstić information content (AvgIpc) is 1.60. The van der Waals surface area contributed by atoms with Gasteiger partial charge in [-0.1, -0.05) is 124 Å². The summed E-state index contributed by atoms with van der Waals surface area (Å²) in [5.41, 5.74) is 12.0. The van der Waals surface area contributed by atoms with Gasteiger partial charge in [0.25, 0.3) is 0 Å². The van der Waals surface area contributed by atoms with Gasteiger partial charge in [0.15, 0.2) is 0 Å². The van der Waals surface area contributed by atoms with Crippen molar-refractivity contribution in [1.82, 2.24) is 45.2 Å². The van der Waals surface area contributed by atoms with Crippen LogP contribution in [0, 0.1) is 17.5 Å². The summed E-state index contributed by atoms with van der Waals surface area (Å²) in [6, 6.07) is 56.9. The van der Waals surface area contributed by atoms with E-state index in [-0.39, 0.29) is 17.5 Å². The molecule has 3 amide bonds. The summed E-state index contributed by atoms with van der Waals surface area (Å²) in [5, 5.41) is 12.1. The fourth-order valence-corrected chi connectivity index (χ4v) is 17.7. The molecule has 126 heavy (non-hydrogen) atoms. The predicted molar refractivity (Wildman–Crippen MR) is 493 cm³/mol. The zero-order valence-electron chi connectivity index (χ0n) is 71.9. The summed E-state index contributed by atoms with van der Waals surface area (Å²) < 4.78 is 80.4. The predicted octanol–water partition coefficient (Wildman–Crippen LogP) is 23.9. The van der Waals surface area contributed by atoms with E-state index in [1.165, 1.54) is 144 Å². The number of rotatable bonds is 35. The van der Waals surface area contributed by atoms with E-state index in [2.05, 4.69) is 44.3 Å². The lowest BCUT2D eigenvalue weighted by molar-refractivity contribution is 0.134. The Hall–Kier alpha value is -10.7. The zero-order chi connectivity index (χ0) is 87.7. The van der Waals surface area contributed by atoms with Gasteiger partial charge in [-0.05, 0) is 313 Å². The Labute approximate surface area is 750 Å². The van der Waals surface area contributed by atoms with E-state index in [1.807, 2.05) is 127 Å². The maximum Gasteiger partial charge on any atom is 0.416 e. The number of unbranched alkanes of at least 4 members (excludes halogenated alkanes) is 9. The molecule has 664 valence electrons. The largest absolute Gasteiger partial charge is 0.494 e. The van der Waals surface area contributed by atoms with Gasteiger partial charge < -0.3 is 63.6 Å². The molecule has 4 aliphatic heterocycles. The van der Waals surface area contributed by atoms with Crippen LogP contribution in [0.3, 0.4) is 0 Å². The van der Waals surface area contributed by atoms with Gasteiger partial charge in [0.1, 0.15) is 70.1 Å². The van der Waals surface area contributed by atoms with Crippen LogP contribution in [-0.2, 0) is 24.0 Å². The first-order valence-electron chi connectivity index (χ1n) is 44.4. The Morgan fingerprint density at radius 2 is 0.698 bits per heavy atom. The first-order valence-corrected chi connectivity index (χ1v) is 45.6. The number of nitrogens with one attached hydrogen (secondary N) is 5. The number of likely N-dealkylation sites (tertiary alicyclic amines) is 1. The molecule has 0 bridgehead atoms. The summed E-state index contributed by atoms with van der Waals surface area (Å²) >= 11 is 19.0. The second-order valence-corrected chi connectivity index (χ2v) is 34.2. The number of hydrogen-bond acceptors (Lipinski definition) is 13. The van der Waals surface area contributed by atoms with E-state index in [1.54, 1.807) is 21.8 Å². The van der Waals surface area contributed by atoms with E-state index >= 15 is 0 Å². The highest BCUT2D eigenvalue weighted by Gasteiger charge is 2.40. The van der Waals surface area contributed by atoms with Crippen molar-refractivity contribution in [1.29, 1.82) is 0 Å². The first kappa shape index (κ1) is 91.5. The number of carbonyl (C=O) groups excluding carboxylic acids is 3. The molecule has 0 spiro atoms. The van der Waals surface area contributed by atoms with Crippen molar-refractivity contribution in [2.45, 2.75) is 154 Å². The van der Waals surface area contributed by atoms with Gasteiger partial charge in [0, 0.05) is 104 Å². The van der Waals surface area contributed by atoms with Crippen LogP contribution in [0.1, 0.15) is 179 Å². The van der Waals surface area contributed by atoms with Crippen LogP contribution in [0.15, 0.2) is 200 Å². The number of H-pyrrole nitrogens is 3. The van der Waals surface area contributed by atoms with E-state index in [9.17, 15) is 27.6 Å². The van der Waals surface area contributed by atoms with Gasteiger partial charge in [-0.3, -0.25) is 14.7 Å². The topological polar surface area (TPSA) is 200 Å². The van der Waals surface area contributed by atoms with Gasteiger partial charge in [0.05, 0.1) is 19.8 Å². The normalized spacial score (nSPS) is 15.5. The molecule has 3 aromatic heterocycles. The monoisotopic (exact) mass is 1770 g/mol. The highest BCUT2D eigenvalue weighted by Crippen LogP contribution is 2.44. The Bertz CT molecular complexity index is 5500. The van der Waals surface area contributed by atoms with Crippen LogP contribution in [0.2, 0.25) is 15.1 Å². The number of amides is 3. The fourth-order valence-electron chi connectivity index (χ4n) is 17.1. The third kappa shape index (κ3) is 24.7. The molecule has 16 rings (SSSR count). The lowest BCUT2D eigenvalue weighted by atomic mass is 9.92. The lowest BCUT2D eigenvalue weighted by Gasteiger charge is -2.35. The number of methoxy groups -OCH3 is 1. The van der Waals surface area contributed by atoms with Crippen LogP contribution in [0.4, 0.5) is 27.6 Å². The minimum Gasteiger partial charge on any atom is -0.494 e. The van der Waals surface area contributed by atoms with E-state index in [0.717, 1.165) is 172 Å². The molecule has 9 aromatic carbocycles. The standard InChI is InChI=1S/C34H39ClFN3O4.C34H37ClFN3O3.C33H37ClFN3O3/c1-41-21-6-19-37-18-4-2-3-5-22-42-27-12-7-24(8-13-27)33-32-29(30-23-25(35)9-16-31(30)38-32)17-20-39(33)34(40)43-28-14-10-26(36)11-15-28;35-25-9-16-31-30(23-25)29-17-21-39(34(40)42-28-14-10-26(36)11-15-28)33(32(29)37-31)24-7-12-27(13-8-24)41-22-6-2-1-3-18-38-19-4-5-20-38;1-22(2)36-18-5-3-4-6-20-40-26-12-7-23(8-13-26)32-31-28(29-21-24(34)9-16-30(29)37-31)17-19-38(32)33(39)41-27-14-10-25(35)11-15-27/h7-16,23,33,37-38H,2-6,17-22H2,1H3;7-16,23,33,37H,1-6,17-22H2;7-16,21-22,32,36-37H,3-6,17-20H2,1-2H3. The van der Waals surface area contributed by atoms with Gasteiger partial charge in [0.2, 0.25) is 0 Å². The fraction of sp³-hybridized carbons (Fsp3) is 0.376. The van der Waals surface area contributed by atoms with Gasteiger partial charge in [-0.2, -0.15) is 0 Å². The SMILES string of the molecule is CC(C)NCCCCCCOc1ccc(C2c3[nH]c4ccc(Cl)cc4c3CCN2C(=O)Oc2ccc(F)cc2)cc1.COCCCNCCCCCCOc1ccc(C2c3[nH]c4ccc(Cl)cc4c3CCN2C(=O)Oc2ccc(F)cc2)cc1.O=C(Oc1ccc(F)cc1)N1CCc2c([nH]c3ccc(Cl)cc23)C1c1ccc(OCCCCCCN2CCCC2)cc1. The van der Waals surface area contributed by atoms with Gasteiger partial charge in [-0.25, -0.2) is 27.6 Å². The summed E-state index contributed by atoms with van der Waals surface area (Å²) in [4.78, 5) is 58.7. The average molecular weight is 1780 g/mol. The van der Waals surface area contributed by atoms with Crippen molar-refractivity contribution >= 4 is 85.8 Å². The summed E-state index contributed by atoms with van der Waals surface area (Å²) in [6.45, 7) is 15.4. The summed E-state index contributed by atoms with van der Waals surface area (Å²) in [5.74, 6) is 2.14. The molecule has 25 heteroatoms. The van der Waals surface area contributed by atoms with Crippen LogP contribution in [0.25, 0.3) is 32.7 Å². The molecular weight excluding hydrogens is 1660 g/mol. The molecule has 5 N–H and O–H groups in total. The van der Waals surface area contributed by atoms with Crippen LogP contribution < -0.4 is 39.1 Å². The van der Waals surface area contributed by atoms with E-state index in [0.29, 0.717) is 97.1 Å². The maximum atomic E-state index is 13.5. The molecule has 12 aromatic rings. The second kappa shape index (κ2) is 45.6.